The molecule has 0 saturated heterocycles. The Labute approximate surface area is 191 Å². The molecule has 0 unspecified atom stereocenters. The summed E-state index contributed by atoms with van der Waals surface area (Å²) in [5.74, 6) is 0.944. The van der Waals surface area contributed by atoms with Gasteiger partial charge in [0.25, 0.3) is 10.0 Å². The molecule has 0 aliphatic carbocycles. The summed E-state index contributed by atoms with van der Waals surface area (Å²) in [6.07, 6.45) is 1.70. The van der Waals surface area contributed by atoms with E-state index < -0.39 is 10.0 Å². The number of benzene rings is 2. The second-order valence-electron chi connectivity index (χ2n) is 7.37. The van der Waals surface area contributed by atoms with Gasteiger partial charge in [0.1, 0.15) is 4.21 Å². The molecule has 1 aliphatic rings. The summed E-state index contributed by atoms with van der Waals surface area (Å²) in [4.78, 5) is 12.7. The lowest BCUT2D eigenvalue weighted by molar-refractivity contribution is -0.115. The highest BCUT2D eigenvalue weighted by atomic mass is 32.2. The highest BCUT2D eigenvalue weighted by molar-refractivity contribution is 7.94. The van der Waals surface area contributed by atoms with Crippen LogP contribution in [0.15, 0.2) is 58.1 Å². The molecule has 9 heteroatoms. The first-order valence-corrected chi connectivity index (χ1v) is 12.4. The van der Waals surface area contributed by atoms with Crippen molar-refractivity contribution in [2.24, 2.45) is 0 Å². The summed E-state index contributed by atoms with van der Waals surface area (Å²) in [5.41, 5.74) is 2.91. The maximum atomic E-state index is 13.1. The normalized spacial score (nSPS) is 13.4. The number of nitrogens with zero attached hydrogens (tertiary/aromatic N) is 1. The fourth-order valence-corrected chi connectivity index (χ4v) is 6.41. The molecule has 0 bridgehead atoms. The zero-order chi connectivity index (χ0) is 22.7. The fraction of sp³-hybridized carbons (Fsp3) is 0.261. The number of amides is 1. The van der Waals surface area contributed by atoms with E-state index in [-0.39, 0.29) is 12.3 Å². The van der Waals surface area contributed by atoms with Crippen molar-refractivity contribution in [1.82, 2.24) is 0 Å². The number of aryl methyl sites for hydroxylation is 1. The first-order valence-electron chi connectivity index (χ1n) is 10.1. The average Bonchev–Trinajstić information content (AvgIpc) is 3.34. The molecule has 0 radical (unpaired) electrons. The molecule has 0 spiro atoms. The second kappa shape index (κ2) is 9.22. The van der Waals surface area contributed by atoms with Crippen molar-refractivity contribution < 1.29 is 22.7 Å². The van der Waals surface area contributed by atoms with E-state index in [4.69, 9.17) is 9.47 Å². The topological polar surface area (TPSA) is 84.9 Å². The molecule has 0 fully saturated rings. The van der Waals surface area contributed by atoms with Crippen molar-refractivity contribution in [2.75, 3.05) is 30.4 Å². The summed E-state index contributed by atoms with van der Waals surface area (Å²) in [5, 5.41) is 4.64. The van der Waals surface area contributed by atoms with Crippen molar-refractivity contribution in [3.63, 3.8) is 0 Å². The molecule has 0 atom stereocenters. The highest BCUT2D eigenvalue weighted by Crippen LogP contribution is 2.35. The first kappa shape index (κ1) is 22.2. The fourth-order valence-electron chi connectivity index (χ4n) is 3.77. The van der Waals surface area contributed by atoms with Gasteiger partial charge in [-0.15, -0.1) is 11.3 Å². The first-order chi connectivity index (χ1) is 15.4. The number of nitrogens with one attached hydrogen (secondary N) is 1. The molecule has 7 nitrogen and oxygen atoms in total. The molecular formula is C23H24N2O5S2. The van der Waals surface area contributed by atoms with Gasteiger partial charge in [-0.1, -0.05) is 18.2 Å². The van der Waals surface area contributed by atoms with E-state index in [0.29, 0.717) is 33.6 Å². The molecule has 32 heavy (non-hydrogen) atoms. The number of ether oxygens (including phenoxy) is 2. The Hall–Kier alpha value is -3.04. The molecule has 168 valence electrons. The maximum Gasteiger partial charge on any atom is 0.273 e. The van der Waals surface area contributed by atoms with Gasteiger partial charge in [0.2, 0.25) is 5.91 Å². The number of anilines is 2. The van der Waals surface area contributed by atoms with Gasteiger partial charge in [0, 0.05) is 12.2 Å². The maximum absolute atomic E-state index is 13.1. The van der Waals surface area contributed by atoms with Crippen LogP contribution in [0.2, 0.25) is 0 Å². The molecule has 0 saturated carbocycles. The summed E-state index contributed by atoms with van der Waals surface area (Å²) in [6.45, 7) is 0.413. The Morgan fingerprint density at radius 3 is 2.62 bits per heavy atom. The minimum absolute atomic E-state index is 0.147. The van der Waals surface area contributed by atoms with Crippen LogP contribution < -0.4 is 19.1 Å². The van der Waals surface area contributed by atoms with Crippen LogP contribution in [0, 0.1) is 0 Å². The van der Waals surface area contributed by atoms with Crippen molar-refractivity contribution in [2.45, 2.75) is 23.5 Å². The standard InChI is InChI=1S/C23H24N2O5S2/c1-29-20-10-7-16(13-21(20)30-2)14-22(26)24-18-9-8-17-5-3-11-25(19(17)15-18)32(27,28)23-6-4-12-31-23/h4,6-10,12-13,15H,3,5,11,14H2,1-2H3,(H,24,26). The van der Waals surface area contributed by atoms with Crippen molar-refractivity contribution >= 4 is 38.6 Å². The molecule has 4 rings (SSSR count). The number of thiophene rings is 1. The number of hydrogen-bond donors (Lipinski definition) is 1. The highest BCUT2D eigenvalue weighted by Gasteiger charge is 2.30. The Bertz CT molecular complexity index is 1220. The van der Waals surface area contributed by atoms with Crippen molar-refractivity contribution in [3.8, 4) is 11.5 Å². The SMILES string of the molecule is COc1ccc(CC(=O)Nc2ccc3c(c2)N(S(=O)(=O)c2cccs2)CCC3)cc1OC. The molecule has 1 aromatic heterocycles. The second-order valence-corrected chi connectivity index (χ2v) is 10.4. The van der Waals surface area contributed by atoms with Crippen LogP contribution in [0.1, 0.15) is 17.5 Å². The summed E-state index contributed by atoms with van der Waals surface area (Å²) >= 11 is 1.20. The molecule has 1 aliphatic heterocycles. The predicted molar refractivity (Wildman–Crippen MR) is 125 cm³/mol. The molecule has 1 N–H and O–H groups in total. The van der Waals surface area contributed by atoms with Crippen LogP contribution in [0.4, 0.5) is 11.4 Å². The number of hydrogen-bond acceptors (Lipinski definition) is 6. The predicted octanol–water partition coefficient (Wildman–Crippen LogP) is 4.09. The Morgan fingerprint density at radius 1 is 1.09 bits per heavy atom. The monoisotopic (exact) mass is 472 g/mol. The molecule has 2 aromatic carbocycles. The third-order valence-electron chi connectivity index (χ3n) is 5.30. The van der Waals surface area contributed by atoms with Crippen LogP contribution in [0.5, 0.6) is 11.5 Å². The summed E-state index contributed by atoms with van der Waals surface area (Å²) < 4.78 is 38.5. The zero-order valence-electron chi connectivity index (χ0n) is 17.8. The van der Waals surface area contributed by atoms with Gasteiger partial charge in [0.05, 0.1) is 26.3 Å². The smallest absolute Gasteiger partial charge is 0.273 e. The average molecular weight is 473 g/mol. The van der Waals surface area contributed by atoms with E-state index in [0.717, 1.165) is 24.0 Å². The Morgan fingerprint density at radius 2 is 1.91 bits per heavy atom. The zero-order valence-corrected chi connectivity index (χ0v) is 19.5. The van der Waals surface area contributed by atoms with Crippen LogP contribution in [-0.2, 0) is 27.7 Å². The van der Waals surface area contributed by atoms with E-state index in [1.807, 2.05) is 18.2 Å². The summed E-state index contributed by atoms with van der Waals surface area (Å²) in [6, 6.07) is 14.1. The van der Waals surface area contributed by atoms with Gasteiger partial charge in [0.15, 0.2) is 11.5 Å². The van der Waals surface area contributed by atoms with Crippen LogP contribution in [0.25, 0.3) is 0 Å². The largest absolute Gasteiger partial charge is 0.493 e. The lowest BCUT2D eigenvalue weighted by Gasteiger charge is -2.30. The lowest BCUT2D eigenvalue weighted by atomic mass is 10.0. The Balaban J connectivity index is 1.54. The van der Waals surface area contributed by atoms with Gasteiger partial charge >= 0.3 is 0 Å². The van der Waals surface area contributed by atoms with E-state index in [1.165, 1.54) is 15.6 Å². The lowest BCUT2D eigenvalue weighted by Crippen LogP contribution is -2.35. The van der Waals surface area contributed by atoms with Gasteiger partial charge < -0.3 is 14.8 Å². The third kappa shape index (κ3) is 4.44. The van der Waals surface area contributed by atoms with Gasteiger partial charge in [-0.05, 0) is 59.7 Å². The number of sulfonamides is 1. The van der Waals surface area contributed by atoms with Crippen molar-refractivity contribution in [1.29, 1.82) is 0 Å². The number of carbonyl (C=O) groups is 1. The number of carbonyl (C=O) groups excluding carboxylic acids is 1. The minimum Gasteiger partial charge on any atom is -0.493 e. The minimum atomic E-state index is -3.63. The molecular weight excluding hydrogens is 448 g/mol. The van der Waals surface area contributed by atoms with Crippen LogP contribution >= 0.6 is 11.3 Å². The molecule has 2 heterocycles. The van der Waals surface area contributed by atoms with Gasteiger partial charge in [-0.25, -0.2) is 8.42 Å². The summed E-state index contributed by atoms with van der Waals surface area (Å²) in [7, 11) is -0.523. The number of methoxy groups -OCH3 is 2. The molecule has 1 amide bonds. The number of fused-ring (bicyclic) bond motifs is 1. The van der Waals surface area contributed by atoms with Crippen LogP contribution in [-0.4, -0.2) is 35.1 Å². The number of rotatable bonds is 7. The molecule has 3 aromatic rings. The third-order valence-corrected chi connectivity index (χ3v) is 8.48. The van der Waals surface area contributed by atoms with E-state index in [9.17, 15) is 13.2 Å². The van der Waals surface area contributed by atoms with Crippen LogP contribution in [0.3, 0.4) is 0 Å². The Kier molecular flexibility index (Phi) is 6.38. The quantitative estimate of drug-likeness (QED) is 0.560. The van der Waals surface area contributed by atoms with Crippen molar-refractivity contribution in [3.05, 3.63) is 65.0 Å². The van der Waals surface area contributed by atoms with E-state index in [1.54, 1.807) is 49.9 Å². The van der Waals surface area contributed by atoms with Gasteiger partial charge in [-0.3, -0.25) is 9.10 Å². The van der Waals surface area contributed by atoms with E-state index in [2.05, 4.69) is 5.32 Å². The van der Waals surface area contributed by atoms with E-state index >= 15 is 0 Å². The van der Waals surface area contributed by atoms with Gasteiger partial charge in [-0.2, -0.15) is 0 Å².